The molecule has 5 rings (SSSR count). The molecule has 120 valence electrons. The van der Waals surface area contributed by atoms with Crippen molar-refractivity contribution in [2.75, 3.05) is 0 Å². The number of benzene rings is 1. The van der Waals surface area contributed by atoms with Crippen LogP contribution in [0.1, 0.15) is 19.0 Å². The van der Waals surface area contributed by atoms with Gasteiger partial charge in [-0.25, -0.2) is 4.98 Å². The van der Waals surface area contributed by atoms with E-state index in [-0.39, 0.29) is 6.29 Å². The number of hydrogen-bond acceptors (Lipinski definition) is 3. The Morgan fingerprint density at radius 3 is 2.62 bits per heavy atom. The van der Waals surface area contributed by atoms with E-state index in [9.17, 15) is 0 Å². The third-order valence-electron chi connectivity index (χ3n) is 4.46. The maximum absolute atomic E-state index is 5.78. The van der Waals surface area contributed by atoms with Gasteiger partial charge in [-0.15, -0.1) is 0 Å². The van der Waals surface area contributed by atoms with Crippen LogP contribution in [-0.4, -0.2) is 20.2 Å². The number of aryl methyl sites for hydroxylation is 1. The van der Waals surface area contributed by atoms with E-state index in [1.807, 2.05) is 44.4 Å². The highest BCUT2D eigenvalue weighted by Gasteiger charge is 2.32. The lowest BCUT2D eigenvalue weighted by atomic mass is 10.1. The van der Waals surface area contributed by atoms with Gasteiger partial charge in [0.2, 0.25) is 6.41 Å². The van der Waals surface area contributed by atoms with E-state index >= 15 is 0 Å². The van der Waals surface area contributed by atoms with Crippen molar-refractivity contribution < 1.29 is 9.47 Å². The van der Waals surface area contributed by atoms with Gasteiger partial charge in [-0.3, -0.25) is 4.57 Å². The summed E-state index contributed by atoms with van der Waals surface area (Å²) in [5, 5.41) is 1.09. The van der Waals surface area contributed by atoms with E-state index in [1.165, 1.54) is 0 Å². The third-order valence-corrected chi connectivity index (χ3v) is 4.46. The summed E-state index contributed by atoms with van der Waals surface area (Å²) in [4.78, 5) is 4.68. The summed E-state index contributed by atoms with van der Waals surface area (Å²) in [7, 11) is 0. The van der Waals surface area contributed by atoms with Gasteiger partial charge in [-0.2, -0.15) is 0 Å². The molecular weight excluding hydrogens is 302 g/mol. The maximum Gasteiger partial charge on any atom is 0.249 e. The van der Waals surface area contributed by atoms with Crippen LogP contribution in [0.4, 0.5) is 0 Å². The van der Waals surface area contributed by atoms with E-state index in [0.717, 1.165) is 33.5 Å². The van der Waals surface area contributed by atoms with Gasteiger partial charge in [0, 0.05) is 17.8 Å². The SMILES string of the molecule is Cc1cn2ccc3c(cc(-c4ccccc4)n3C3OC(C)O3)c2n1. The van der Waals surface area contributed by atoms with E-state index < -0.39 is 6.41 Å². The second-order valence-electron chi connectivity index (χ2n) is 6.14. The van der Waals surface area contributed by atoms with Crippen LogP contribution in [0.25, 0.3) is 27.8 Å². The lowest BCUT2D eigenvalue weighted by Crippen LogP contribution is -2.35. The van der Waals surface area contributed by atoms with E-state index in [0.29, 0.717) is 0 Å². The standard InChI is InChI=1S/C19H17N3O2/c1-12-11-21-9-8-16-15(18(21)20-12)10-17(14-6-4-3-5-7-14)22(16)19-23-13(2)24-19/h3-11,13,19H,1-2H3. The van der Waals surface area contributed by atoms with Crippen molar-refractivity contribution in [2.24, 2.45) is 0 Å². The molecule has 0 saturated carbocycles. The molecule has 1 saturated heterocycles. The Balaban J connectivity index is 1.83. The summed E-state index contributed by atoms with van der Waals surface area (Å²) in [6, 6.07) is 14.6. The summed E-state index contributed by atoms with van der Waals surface area (Å²) < 4.78 is 15.7. The van der Waals surface area contributed by atoms with Gasteiger partial charge in [0.1, 0.15) is 5.65 Å². The molecule has 3 aromatic heterocycles. The first kappa shape index (κ1) is 13.8. The molecule has 0 spiro atoms. The first-order valence-corrected chi connectivity index (χ1v) is 8.06. The topological polar surface area (TPSA) is 40.7 Å². The van der Waals surface area contributed by atoms with Gasteiger partial charge >= 0.3 is 0 Å². The van der Waals surface area contributed by atoms with Crippen molar-refractivity contribution in [3.63, 3.8) is 0 Å². The summed E-state index contributed by atoms with van der Waals surface area (Å²) in [6.07, 6.45) is 3.50. The Labute approximate surface area is 139 Å². The molecule has 0 aliphatic carbocycles. The molecule has 1 aromatic carbocycles. The van der Waals surface area contributed by atoms with Gasteiger partial charge < -0.3 is 13.9 Å². The molecule has 5 heteroatoms. The Bertz CT molecular complexity index is 1040. The molecule has 0 unspecified atom stereocenters. The number of fused-ring (bicyclic) bond motifs is 3. The lowest BCUT2D eigenvalue weighted by molar-refractivity contribution is -0.410. The third kappa shape index (κ3) is 1.92. The largest absolute Gasteiger partial charge is 0.306 e. The predicted octanol–water partition coefficient (Wildman–Crippen LogP) is 4.11. The van der Waals surface area contributed by atoms with Crippen molar-refractivity contribution in [3.8, 4) is 11.3 Å². The maximum atomic E-state index is 5.78. The number of aromatic nitrogens is 3. The van der Waals surface area contributed by atoms with E-state index in [2.05, 4.69) is 38.2 Å². The molecule has 0 N–H and O–H groups in total. The van der Waals surface area contributed by atoms with Gasteiger partial charge in [0.05, 0.1) is 16.9 Å². The molecule has 0 atom stereocenters. The number of nitrogens with zero attached hydrogens (tertiary/aromatic N) is 3. The van der Waals surface area contributed by atoms with Crippen LogP contribution in [-0.2, 0) is 9.47 Å². The highest BCUT2D eigenvalue weighted by Crippen LogP contribution is 2.38. The Morgan fingerprint density at radius 2 is 1.88 bits per heavy atom. The Kier molecular flexibility index (Phi) is 2.83. The van der Waals surface area contributed by atoms with Crippen molar-refractivity contribution >= 4 is 16.6 Å². The minimum Gasteiger partial charge on any atom is -0.306 e. The zero-order chi connectivity index (χ0) is 16.3. The zero-order valence-corrected chi connectivity index (χ0v) is 13.5. The van der Waals surface area contributed by atoms with Crippen LogP contribution in [0.15, 0.2) is 54.9 Å². The number of imidazole rings is 1. The van der Waals surface area contributed by atoms with Gasteiger partial charge in [-0.05, 0) is 31.5 Å². The normalized spacial score (nSPS) is 20.6. The molecule has 1 fully saturated rings. The van der Waals surface area contributed by atoms with Crippen molar-refractivity contribution in [1.82, 2.24) is 14.0 Å². The van der Waals surface area contributed by atoms with Crippen LogP contribution >= 0.6 is 0 Å². The fourth-order valence-electron chi connectivity index (χ4n) is 3.39. The highest BCUT2D eigenvalue weighted by atomic mass is 16.9. The van der Waals surface area contributed by atoms with Crippen LogP contribution in [0.2, 0.25) is 0 Å². The van der Waals surface area contributed by atoms with Crippen molar-refractivity contribution in [3.05, 3.63) is 60.6 Å². The molecule has 1 aliphatic rings. The zero-order valence-electron chi connectivity index (χ0n) is 13.5. The second-order valence-corrected chi connectivity index (χ2v) is 6.14. The number of rotatable bonds is 2. The Hall–Kier alpha value is -2.63. The van der Waals surface area contributed by atoms with Gasteiger partial charge in [0.15, 0.2) is 6.29 Å². The monoisotopic (exact) mass is 319 g/mol. The summed E-state index contributed by atoms with van der Waals surface area (Å²) in [5.41, 5.74) is 5.21. The average Bonchev–Trinajstić information content (AvgIpc) is 3.12. The average molecular weight is 319 g/mol. The minimum atomic E-state index is -0.397. The quantitative estimate of drug-likeness (QED) is 0.558. The van der Waals surface area contributed by atoms with Gasteiger partial charge in [-0.1, -0.05) is 30.3 Å². The first-order chi connectivity index (χ1) is 11.7. The van der Waals surface area contributed by atoms with Crippen molar-refractivity contribution in [2.45, 2.75) is 26.6 Å². The molecule has 4 heterocycles. The van der Waals surface area contributed by atoms with Crippen LogP contribution in [0.3, 0.4) is 0 Å². The number of hydrogen-bond donors (Lipinski definition) is 0. The van der Waals surface area contributed by atoms with Gasteiger partial charge in [0.25, 0.3) is 0 Å². The molecule has 0 radical (unpaired) electrons. The second kappa shape index (κ2) is 4.93. The molecule has 1 aliphatic heterocycles. The minimum absolute atomic E-state index is 0.173. The molecule has 4 aromatic rings. The highest BCUT2D eigenvalue weighted by molar-refractivity contribution is 5.96. The van der Waals surface area contributed by atoms with Crippen LogP contribution in [0.5, 0.6) is 0 Å². The van der Waals surface area contributed by atoms with E-state index in [1.54, 1.807) is 0 Å². The van der Waals surface area contributed by atoms with E-state index in [4.69, 9.17) is 9.47 Å². The fraction of sp³-hybridized carbons (Fsp3) is 0.211. The molecule has 0 bridgehead atoms. The smallest absolute Gasteiger partial charge is 0.249 e. The molecule has 5 nitrogen and oxygen atoms in total. The summed E-state index contributed by atoms with van der Waals surface area (Å²) in [6.45, 7) is 3.91. The molecule has 0 amide bonds. The predicted molar refractivity (Wildman–Crippen MR) is 91.5 cm³/mol. The van der Waals surface area contributed by atoms with Crippen LogP contribution in [0, 0.1) is 6.92 Å². The van der Waals surface area contributed by atoms with Crippen LogP contribution < -0.4 is 0 Å². The Morgan fingerprint density at radius 1 is 1.08 bits per heavy atom. The number of pyridine rings is 1. The molecule has 24 heavy (non-hydrogen) atoms. The fourth-order valence-corrected chi connectivity index (χ4v) is 3.39. The summed E-state index contributed by atoms with van der Waals surface area (Å²) >= 11 is 0. The molecular formula is C19H17N3O2. The number of ether oxygens (including phenoxy) is 2. The summed E-state index contributed by atoms with van der Waals surface area (Å²) in [5.74, 6) is 0. The lowest BCUT2D eigenvalue weighted by Gasteiger charge is -2.35. The first-order valence-electron chi connectivity index (χ1n) is 8.06. The van der Waals surface area contributed by atoms with Crippen molar-refractivity contribution in [1.29, 1.82) is 0 Å².